The number of aromatic nitrogens is 2. The lowest BCUT2D eigenvalue weighted by Gasteiger charge is -2.37. The van der Waals surface area contributed by atoms with Crippen molar-refractivity contribution in [2.75, 3.05) is 43.2 Å². The summed E-state index contributed by atoms with van der Waals surface area (Å²) in [7, 11) is -3.19. The molecule has 2 aromatic rings. The molecule has 3 unspecified atom stereocenters. The number of piperidine rings is 1. The molecule has 0 aromatic carbocycles. The van der Waals surface area contributed by atoms with Crippen molar-refractivity contribution in [1.82, 2.24) is 30.0 Å². The first-order valence-electron chi connectivity index (χ1n) is 13.5. The second kappa shape index (κ2) is 10.2. The van der Waals surface area contributed by atoms with Crippen molar-refractivity contribution in [3.63, 3.8) is 0 Å². The van der Waals surface area contributed by atoms with Crippen LogP contribution in [0.15, 0.2) is 18.2 Å². The standard InChI is InChI=1S/C25H38N8O3S/c1-16-11-24(31-30-16)28-23-14-22-21(6-3-17(26-22)15-32-7-9-36-10-8-32)25(29-23)27-18-12-19-4-5-20(13-18)33(19)37(2,34)35/h3,6,14,16,18-20,24,30-31H,4-5,7-13,15H2,1-2H3,(H2,27,28,29)/t16?,18?,19-,20+,24?. The third kappa shape index (κ3) is 5.55. The molecular weight excluding hydrogens is 492 g/mol. The summed E-state index contributed by atoms with van der Waals surface area (Å²) in [6.07, 6.45) is 5.80. The van der Waals surface area contributed by atoms with Gasteiger partial charge in [-0.15, -0.1) is 0 Å². The summed E-state index contributed by atoms with van der Waals surface area (Å²) in [5.74, 6) is 1.58. The van der Waals surface area contributed by atoms with Crippen LogP contribution in [-0.4, -0.2) is 90.5 Å². The van der Waals surface area contributed by atoms with Gasteiger partial charge in [-0.3, -0.25) is 15.3 Å². The number of nitrogens with one attached hydrogen (secondary N) is 4. The van der Waals surface area contributed by atoms with Crippen LogP contribution >= 0.6 is 0 Å². The molecule has 4 aliphatic rings. The number of anilines is 2. The molecule has 202 valence electrons. The Balaban J connectivity index is 1.27. The minimum atomic E-state index is -3.19. The summed E-state index contributed by atoms with van der Waals surface area (Å²) in [5.41, 5.74) is 8.48. The van der Waals surface area contributed by atoms with Crippen LogP contribution in [0, 0.1) is 0 Å². The molecule has 11 nitrogen and oxygen atoms in total. The first-order valence-corrected chi connectivity index (χ1v) is 15.3. The summed E-state index contributed by atoms with van der Waals surface area (Å²) in [4.78, 5) is 12.4. The highest BCUT2D eigenvalue weighted by Gasteiger charge is 2.45. The number of morpholine rings is 1. The molecule has 4 N–H and O–H groups in total. The van der Waals surface area contributed by atoms with Gasteiger partial charge in [0.05, 0.1) is 36.8 Å². The molecule has 0 saturated carbocycles. The molecule has 2 bridgehead atoms. The summed E-state index contributed by atoms with van der Waals surface area (Å²) >= 11 is 0. The average molecular weight is 531 g/mol. The molecule has 0 amide bonds. The predicted octanol–water partition coefficient (Wildman–Crippen LogP) is 1.45. The second-order valence-electron chi connectivity index (χ2n) is 11.0. The van der Waals surface area contributed by atoms with Crippen molar-refractivity contribution in [3.8, 4) is 0 Å². The minimum absolute atomic E-state index is 0.0623. The normalized spacial score (nSPS) is 31.1. The van der Waals surface area contributed by atoms with E-state index in [0.717, 1.165) is 93.2 Å². The van der Waals surface area contributed by atoms with Crippen molar-refractivity contribution >= 4 is 32.6 Å². The highest BCUT2D eigenvalue weighted by atomic mass is 32.2. The molecule has 0 radical (unpaired) electrons. The van der Waals surface area contributed by atoms with Gasteiger partial charge in [0.1, 0.15) is 11.6 Å². The summed E-state index contributed by atoms with van der Waals surface area (Å²) in [5, 5.41) is 8.20. The Morgan fingerprint density at radius 1 is 1.05 bits per heavy atom. The maximum absolute atomic E-state index is 12.3. The third-order valence-electron chi connectivity index (χ3n) is 8.04. The van der Waals surface area contributed by atoms with Gasteiger partial charge in [-0.25, -0.2) is 18.8 Å². The Hall–Kier alpha value is -2.09. The van der Waals surface area contributed by atoms with Crippen LogP contribution in [0.1, 0.15) is 44.7 Å². The van der Waals surface area contributed by atoms with Crippen LogP contribution in [0.25, 0.3) is 10.9 Å². The average Bonchev–Trinajstić information content (AvgIpc) is 3.39. The van der Waals surface area contributed by atoms with E-state index in [1.807, 2.05) is 6.07 Å². The fourth-order valence-corrected chi connectivity index (χ4v) is 7.87. The molecule has 6 rings (SSSR count). The number of hydrazine groups is 1. The van der Waals surface area contributed by atoms with E-state index in [0.29, 0.717) is 6.04 Å². The van der Waals surface area contributed by atoms with E-state index in [4.69, 9.17) is 14.7 Å². The second-order valence-corrected chi connectivity index (χ2v) is 12.9. The Bertz CT molecular complexity index is 1220. The number of ether oxygens (including phenoxy) is 1. The van der Waals surface area contributed by atoms with Crippen LogP contribution in [0.5, 0.6) is 0 Å². The van der Waals surface area contributed by atoms with Gasteiger partial charge in [-0.2, -0.15) is 4.31 Å². The molecule has 6 heterocycles. The first kappa shape index (κ1) is 25.2. The highest BCUT2D eigenvalue weighted by Crippen LogP contribution is 2.39. The van der Waals surface area contributed by atoms with Crippen molar-refractivity contribution in [3.05, 3.63) is 23.9 Å². The van der Waals surface area contributed by atoms with Gasteiger partial charge in [0.25, 0.3) is 0 Å². The number of fused-ring (bicyclic) bond motifs is 3. The number of pyridine rings is 2. The SMILES string of the molecule is CC1CC(Nc2cc3nc(CN4CCOCC4)ccc3c(NC3C[C@H]4CC[C@@H](C3)N4S(C)(=O)=O)n2)NN1. The molecule has 2 aromatic heterocycles. The van der Waals surface area contributed by atoms with Crippen LogP contribution in [-0.2, 0) is 21.3 Å². The van der Waals surface area contributed by atoms with E-state index < -0.39 is 10.0 Å². The Morgan fingerprint density at radius 2 is 1.81 bits per heavy atom. The van der Waals surface area contributed by atoms with E-state index in [1.165, 1.54) is 6.26 Å². The van der Waals surface area contributed by atoms with Crippen molar-refractivity contribution in [1.29, 1.82) is 0 Å². The summed E-state index contributed by atoms with van der Waals surface area (Å²) in [6.45, 7) is 6.31. The fraction of sp³-hybridized carbons (Fsp3) is 0.680. The van der Waals surface area contributed by atoms with E-state index >= 15 is 0 Å². The number of rotatable bonds is 7. The lowest BCUT2D eigenvalue weighted by atomic mass is 9.99. The number of hydrogen-bond acceptors (Lipinski definition) is 10. The minimum Gasteiger partial charge on any atom is -0.379 e. The molecule has 37 heavy (non-hydrogen) atoms. The zero-order chi connectivity index (χ0) is 25.6. The van der Waals surface area contributed by atoms with Crippen LogP contribution < -0.4 is 21.5 Å². The van der Waals surface area contributed by atoms with E-state index in [2.05, 4.69) is 45.4 Å². The molecule has 5 atom stereocenters. The van der Waals surface area contributed by atoms with Gasteiger partial charge >= 0.3 is 0 Å². The van der Waals surface area contributed by atoms with Crippen LogP contribution in [0.2, 0.25) is 0 Å². The molecule has 4 aliphatic heterocycles. The monoisotopic (exact) mass is 530 g/mol. The van der Waals surface area contributed by atoms with Crippen LogP contribution in [0.4, 0.5) is 11.6 Å². The summed E-state index contributed by atoms with van der Waals surface area (Å²) in [6, 6.07) is 6.92. The lowest BCUT2D eigenvalue weighted by Crippen LogP contribution is -2.49. The molecule has 0 spiro atoms. The predicted molar refractivity (Wildman–Crippen MR) is 144 cm³/mol. The maximum atomic E-state index is 12.3. The summed E-state index contributed by atoms with van der Waals surface area (Å²) < 4.78 is 31.9. The molecular formula is C25H38N8O3S. The van der Waals surface area contributed by atoms with Gasteiger partial charge in [0, 0.05) is 55.3 Å². The number of hydrogen-bond donors (Lipinski definition) is 4. The van der Waals surface area contributed by atoms with Crippen molar-refractivity contribution < 1.29 is 13.2 Å². The van der Waals surface area contributed by atoms with Gasteiger partial charge in [0.15, 0.2) is 0 Å². The lowest BCUT2D eigenvalue weighted by molar-refractivity contribution is 0.0337. The third-order valence-corrected chi connectivity index (χ3v) is 9.40. The molecule has 4 saturated heterocycles. The van der Waals surface area contributed by atoms with Crippen molar-refractivity contribution in [2.24, 2.45) is 0 Å². The van der Waals surface area contributed by atoms with E-state index in [1.54, 1.807) is 4.31 Å². The Morgan fingerprint density at radius 3 is 2.49 bits per heavy atom. The van der Waals surface area contributed by atoms with Crippen LogP contribution in [0.3, 0.4) is 0 Å². The maximum Gasteiger partial charge on any atom is 0.211 e. The quantitative estimate of drug-likeness (QED) is 0.418. The first-order chi connectivity index (χ1) is 17.8. The Labute approximate surface area is 218 Å². The fourth-order valence-electron chi connectivity index (χ4n) is 6.40. The largest absolute Gasteiger partial charge is 0.379 e. The van der Waals surface area contributed by atoms with Gasteiger partial charge in [-0.1, -0.05) is 0 Å². The zero-order valence-electron chi connectivity index (χ0n) is 21.6. The van der Waals surface area contributed by atoms with Crippen molar-refractivity contribution in [2.45, 2.75) is 75.9 Å². The molecule has 12 heteroatoms. The van der Waals surface area contributed by atoms with E-state index in [-0.39, 0.29) is 24.3 Å². The zero-order valence-corrected chi connectivity index (χ0v) is 22.4. The molecule has 4 fully saturated rings. The smallest absolute Gasteiger partial charge is 0.211 e. The van der Waals surface area contributed by atoms with Gasteiger partial charge in [0.2, 0.25) is 10.0 Å². The highest BCUT2D eigenvalue weighted by molar-refractivity contribution is 7.88. The number of sulfonamides is 1. The molecule has 0 aliphatic carbocycles. The van der Waals surface area contributed by atoms with E-state index in [9.17, 15) is 8.42 Å². The van der Waals surface area contributed by atoms with Gasteiger partial charge in [-0.05, 0) is 51.2 Å². The Kier molecular flexibility index (Phi) is 6.97. The topological polar surface area (TPSA) is 124 Å². The number of nitrogens with zero attached hydrogens (tertiary/aromatic N) is 4. The van der Waals surface area contributed by atoms with Gasteiger partial charge < -0.3 is 15.4 Å².